The molecule has 86 valence electrons. The van der Waals surface area contributed by atoms with E-state index in [1.54, 1.807) is 14.2 Å². The lowest BCUT2D eigenvalue weighted by Gasteiger charge is -2.17. The fraction of sp³-hybridized carbons (Fsp3) is 0.400. The van der Waals surface area contributed by atoms with Crippen molar-refractivity contribution in [1.29, 1.82) is 0 Å². The third kappa shape index (κ3) is 2.99. The molecule has 0 aliphatic carbocycles. The molecule has 0 aliphatic heterocycles. The van der Waals surface area contributed by atoms with Gasteiger partial charge in [0.25, 0.3) is 0 Å². The highest BCUT2D eigenvalue weighted by molar-refractivity contribution is 5.85. The Labute approximate surface area is 96.0 Å². The first-order valence-electron chi connectivity index (χ1n) is 4.41. The van der Waals surface area contributed by atoms with Crippen molar-refractivity contribution < 1.29 is 9.47 Å². The molecule has 0 aliphatic rings. The van der Waals surface area contributed by atoms with Crippen LogP contribution in [-0.2, 0) is 0 Å². The summed E-state index contributed by atoms with van der Waals surface area (Å²) >= 11 is 0. The molecule has 1 atom stereocenters. The predicted octanol–water partition coefficient (Wildman–Crippen LogP) is 1.08. The molecule has 1 aromatic rings. The highest BCUT2D eigenvalue weighted by Gasteiger charge is 2.15. The molecule has 0 heterocycles. The second kappa shape index (κ2) is 6.50. The van der Waals surface area contributed by atoms with Crippen LogP contribution in [0.1, 0.15) is 11.6 Å². The first kappa shape index (κ1) is 14.0. The molecule has 1 aromatic carbocycles. The van der Waals surface area contributed by atoms with Gasteiger partial charge in [-0.1, -0.05) is 6.07 Å². The number of hydrogen-bond donors (Lipinski definition) is 2. The minimum Gasteiger partial charge on any atom is -0.496 e. The van der Waals surface area contributed by atoms with Gasteiger partial charge < -0.3 is 20.9 Å². The molecule has 0 bridgehead atoms. The lowest BCUT2D eigenvalue weighted by molar-refractivity contribution is 0.379. The topological polar surface area (TPSA) is 70.5 Å². The summed E-state index contributed by atoms with van der Waals surface area (Å²) in [4.78, 5) is 0. The van der Waals surface area contributed by atoms with Crippen LogP contribution in [0, 0.1) is 0 Å². The summed E-state index contributed by atoms with van der Waals surface area (Å²) in [6.07, 6.45) is 0. The van der Waals surface area contributed by atoms with E-state index in [0.29, 0.717) is 18.0 Å². The summed E-state index contributed by atoms with van der Waals surface area (Å²) in [5.74, 6) is 1.42. The van der Waals surface area contributed by atoms with Gasteiger partial charge in [-0.25, -0.2) is 0 Å². The summed E-state index contributed by atoms with van der Waals surface area (Å²) in [6, 6.07) is 5.27. The standard InChI is InChI=1S/C10H16N2O2.ClH/c1-13-8-4-3-5-9(14-2)10(8)7(12)6-11;/h3-5,7H,6,11-12H2,1-2H3;1H/t7-;/m1./s1. The monoisotopic (exact) mass is 232 g/mol. The van der Waals surface area contributed by atoms with E-state index in [9.17, 15) is 0 Å². The number of nitrogens with two attached hydrogens (primary N) is 2. The van der Waals surface area contributed by atoms with Crippen LogP contribution < -0.4 is 20.9 Å². The normalized spacial score (nSPS) is 11.5. The van der Waals surface area contributed by atoms with Gasteiger partial charge in [0, 0.05) is 12.6 Å². The quantitative estimate of drug-likeness (QED) is 0.815. The van der Waals surface area contributed by atoms with Crippen LogP contribution in [0.5, 0.6) is 11.5 Å². The minimum absolute atomic E-state index is 0. The molecule has 4 N–H and O–H groups in total. The SMILES string of the molecule is COc1cccc(OC)c1[C@H](N)CN.Cl. The highest BCUT2D eigenvalue weighted by atomic mass is 35.5. The van der Waals surface area contributed by atoms with Gasteiger partial charge in [0.15, 0.2) is 0 Å². The van der Waals surface area contributed by atoms with Gasteiger partial charge in [0.2, 0.25) is 0 Å². The zero-order chi connectivity index (χ0) is 10.6. The van der Waals surface area contributed by atoms with E-state index < -0.39 is 0 Å². The van der Waals surface area contributed by atoms with Crippen molar-refractivity contribution >= 4 is 12.4 Å². The smallest absolute Gasteiger partial charge is 0.127 e. The van der Waals surface area contributed by atoms with E-state index in [2.05, 4.69) is 0 Å². The van der Waals surface area contributed by atoms with Crippen molar-refractivity contribution in [2.24, 2.45) is 11.5 Å². The molecule has 15 heavy (non-hydrogen) atoms. The largest absolute Gasteiger partial charge is 0.496 e. The summed E-state index contributed by atoms with van der Waals surface area (Å²) in [6.45, 7) is 0.358. The molecule has 0 spiro atoms. The van der Waals surface area contributed by atoms with Gasteiger partial charge in [-0.2, -0.15) is 0 Å². The number of halogens is 1. The Balaban J connectivity index is 0.00000196. The van der Waals surface area contributed by atoms with Crippen LogP contribution in [0.25, 0.3) is 0 Å². The number of benzene rings is 1. The van der Waals surface area contributed by atoms with E-state index in [-0.39, 0.29) is 18.4 Å². The van der Waals surface area contributed by atoms with Crippen LogP contribution >= 0.6 is 12.4 Å². The third-order valence-corrected chi connectivity index (χ3v) is 2.09. The molecule has 0 unspecified atom stereocenters. The van der Waals surface area contributed by atoms with Crippen molar-refractivity contribution in [3.05, 3.63) is 23.8 Å². The van der Waals surface area contributed by atoms with E-state index in [1.165, 1.54) is 0 Å². The van der Waals surface area contributed by atoms with Crippen molar-refractivity contribution in [3.63, 3.8) is 0 Å². The maximum absolute atomic E-state index is 5.86. The average Bonchev–Trinajstić information content (AvgIpc) is 2.26. The van der Waals surface area contributed by atoms with Crippen molar-refractivity contribution in [2.45, 2.75) is 6.04 Å². The molecule has 0 amide bonds. The molecule has 0 fully saturated rings. The summed E-state index contributed by atoms with van der Waals surface area (Å²) < 4.78 is 10.4. The van der Waals surface area contributed by atoms with Crippen LogP contribution in [0.4, 0.5) is 0 Å². The van der Waals surface area contributed by atoms with Gasteiger partial charge >= 0.3 is 0 Å². The van der Waals surface area contributed by atoms with E-state index in [1.807, 2.05) is 18.2 Å². The fourth-order valence-electron chi connectivity index (χ4n) is 1.36. The summed E-state index contributed by atoms with van der Waals surface area (Å²) in [7, 11) is 3.20. The van der Waals surface area contributed by atoms with Crippen LogP contribution in [-0.4, -0.2) is 20.8 Å². The van der Waals surface area contributed by atoms with Gasteiger partial charge in [-0.3, -0.25) is 0 Å². The Hall–Kier alpha value is -0.970. The lowest BCUT2D eigenvalue weighted by Crippen LogP contribution is -2.22. The summed E-state index contributed by atoms with van der Waals surface area (Å²) in [5, 5.41) is 0. The van der Waals surface area contributed by atoms with Gasteiger partial charge in [-0.15, -0.1) is 12.4 Å². The van der Waals surface area contributed by atoms with E-state index >= 15 is 0 Å². The Bertz CT molecular complexity index is 285. The molecule has 0 aromatic heterocycles. The van der Waals surface area contributed by atoms with Crippen LogP contribution in [0.3, 0.4) is 0 Å². The second-order valence-electron chi connectivity index (χ2n) is 2.92. The summed E-state index contributed by atoms with van der Waals surface area (Å²) in [5.41, 5.74) is 12.2. The van der Waals surface area contributed by atoms with Gasteiger partial charge in [0.1, 0.15) is 11.5 Å². The third-order valence-electron chi connectivity index (χ3n) is 2.09. The Morgan fingerprint density at radius 1 is 1.20 bits per heavy atom. The van der Waals surface area contributed by atoms with E-state index in [0.717, 1.165) is 5.56 Å². The van der Waals surface area contributed by atoms with E-state index in [4.69, 9.17) is 20.9 Å². The first-order valence-corrected chi connectivity index (χ1v) is 4.41. The Morgan fingerprint density at radius 3 is 2.00 bits per heavy atom. The first-order chi connectivity index (χ1) is 6.74. The maximum atomic E-state index is 5.86. The Kier molecular flexibility index (Phi) is 6.08. The molecule has 0 saturated heterocycles. The molecule has 0 saturated carbocycles. The average molecular weight is 233 g/mol. The van der Waals surface area contributed by atoms with Crippen molar-refractivity contribution in [3.8, 4) is 11.5 Å². The van der Waals surface area contributed by atoms with Gasteiger partial charge in [-0.05, 0) is 12.1 Å². The maximum Gasteiger partial charge on any atom is 0.127 e. The fourth-order valence-corrected chi connectivity index (χ4v) is 1.36. The Morgan fingerprint density at radius 2 is 1.67 bits per heavy atom. The minimum atomic E-state index is -0.263. The molecular weight excluding hydrogens is 216 g/mol. The molecule has 1 rings (SSSR count). The second-order valence-corrected chi connectivity index (χ2v) is 2.92. The number of rotatable bonds is 4. The van der Waals surface area contributed by atoms with Gasteiger partial charge in [0.05, 0.1) is 19.8 Å². The van der Waals surface area contributed by atoms with Crippen molar-refractivity contribution in [1.82, 2.24) is 0 Å². The zero-order valence-corrected chi connectivity index (χ0v) is 9.71. The molecular formula is C10H17ClN2O2. The zero-order valence-electron chi connectivity index (χ0n) is 8.90. The number of ether oxygens (including phenoxy) is 2. The molecule has 5 heteroatoms. The highest BCUT2D eigenvalue weighted by Crippen LogP contribution is 2.32. The molecule has 4 nitrogen and oxygen atoms in total. The molecule has 0 radical (unpaired) electrons. The predicted molar refractivity (Wildman–Crippen MR) is 62.8 cm³/mol. The van der Waals surface area contributed by atoms with Crippen molar-refractivity contribution in [2.75, 3.05) is 20.8 Å². The van der Waals surface area contributed by atoms with Crippen LogP contribution in [0.2, 0.25) is 0 Å². The van der Waals surface area contributed by atoms with Crippen LogP contribution in [0.15, 0.2) is 18.2 Å². The number of hydrogen-bond acceptors (Lipinski definition) is 4. The number of methoxy groups -OCH3 is 2. The lowest BCUT2D eigenvalue weighted by atomic mass is 10.1.